The average Bonchev–Trinajstić information content (AvgIpc) is 2.64. The lowest BCUT2D eigenvalue weighted by molar-refractivity contribution is 0.948. The van der Waals surface area contributed by atoms with E-state index in [1.807, 2.05) is 18.2 Å². The molecule has 0 fully saturated rings. The second-order valence-corrected chi connectivity index (χ2v) is 6.50. The van der Waals surface area contributed by atoms with Gasteiger partial charge in [-0.1, -0.05) is 48.9 Å². The lowest BCUT2D eigenvalue weighted by Crippen LogP contribution is -2.09. The number of rotatable bonds is 7. The lowest BCUT2D eigenvalue weighted by Gasteiger charge is -2.13. The predicted octanol–water partition coefficient (Wildman–Crippen LogP) is 4.79. The first-order valence-corrected chi connectivity index (χ1v) is 9.07. The Bertz CT molecular complexity index is 882. The van der Waals surface area contributed by atoms with Gasteiger partial charge >= 0.3 is 0 Å². The van der Waals surface area contributed by atoms with Crippen LogP contribution in [0.4, 0.5) is 17.5 Å². The van der Waals surface area contributed by atoms with Gasteiger partial charge in [-0.05, 0) is 48.6 Å². The van der Waals surface area contributed by atoms with Gasteiger partial charge < -0.3 is 10.6 Å². The van der Waals surface area contributed by atoms with Crippen LogP contribution in [-0.2, 0) is 12.8 Å². The van der Waals surface area contributed by atoms with Crippen LogP contribution in [0.2, 0.25) is 5.02 Å². The molecule has 0 spiro atoms. The summed E-state index contributed by atoms with van der Waals surface area (Å²) in [4.78, 5) is 4.51. The summed E-state index contributed by atoms with van der Waals surface area (Å²) in [6.07, 6.45) is 3.42. The maximum Gasteiger partial charge on any atom is 0.249 e. The molecule has 0 aliphatic rings. The van der Waals surface area contributed by atoms with Crippen molar-refractivity contribution in [2.45, 2.75) is 26.7 Å². The molecule has 0 amide bonds. The fourth-order valence-corrected chi connectivity index (χ4v) is 3.00. The molecule has 0 saturated carbocycles. The van der Waals surface area contributed by atoms with Crippen molar-refractivity contribution in [3.05, 3.63) is 70.4 Å². The Balaban J connectivity index is 1.65. The number of nitrogens with one attached hydrogen (secondary N) is 2. The van der Waals surface area contributed by atoms with Crippen molar-refractivity contribution in [1.82, 2.24) is 15.2 Å². The quantitative estimate of drug-likeness (QED) is 0.628. The predicted molar refractivity (Wildman–Crippen MR) is 107 cm³/mol. The number of benzene rings is 2. The average molecular weight is 368 g/mol. The van der Waals surface area contributed by atoms with Crippen LogP contribution >= 0.6 is 11.6 Å². The summed E-state index contributed by atoms with van der Waals surface area (Å²) >= 11 is 6.02. The van der Waals surface area contributed by atoms with Gasteiger partial charge in [0.15, 0.2) is 5.82 Å². The number of halogens is 1. The summed E-state index contributed by atoms with van der Waals surface area (Å²) < 4.78 is 0. The first-order chi connectivity index (χ1) is 12.7. The molecule has 0 atom stereocenters. The largest absolute Gasteiger partial charge is 0.368 e. The molecule has 26 heavy (non-hydrogen) atoms. The van der Waals surface area contributed by atoms with Gasteiger partial charge in [0.1, 0.15) is 0 Å². The number of hydrogen-bond acceptors (Lipinski definition) is 5. The van der Waals surface area contributed by atoms with E-state index in [-0.39, 0.29) is 0 Å². The minimum atomic E-state index is 0.488. The van der Waals surface area contributed by atoms with Gasteiger partial charge in [-0.2, -0.15) is 10.1 Å². The number of aromatic nitrogens is 3. The minimum absolute atomic E-state index is 0.488. The first-order valence-electron chi connectivity index (χ1n) is 8.69. The molecule has 2 aromatic carbocycles. The highest BCUT2D eigenvalue weighted by atomic mass is 35.5. The molecule has 3 rings (SSSR count). The highest BCUT2D eigenvalue weighted by molar-refractivity contribution is 6.30. The van der Waals surface area contributed by atoms with Crippen molar-refractivity contribution in [2.24, 2.45) is 0 Å². The molecule has 1 aromatic heterocycles. The fraction of sp³-hybridized carbons (Fsp3) is 0.250. The summed E-state index contributed by atoms with van der Waals surface area (Å²) in [5.41, 5.74) is 4.62. The number of aryl methyl sites for hydroxylation is 2. The van der Waals surface area contributed by atoms with Gasteiger partial charge in [0.05, 0.1) is 6.20 Å². The Kier molecular flexibility index (Phi) is 6.02. The van der Waals surface area contributed by atoms with Crippen molar-refractivity contribution in [3.8, 4) is 0 Å². The molecular formula is C20H22ClN5. The zero-order valence-electron chi connectivity index (χ0n) is 15.0. The molecule has 3 aromatic rings. The molecule has 5 nitrogen and oxygen atoms in total. The Morgan fingerprint density at radius 1 is 1.12 bits per heavy atom. The Hall–Kier alpha value is -2.66. The van der Waals surface area contributed by atoms with Gasteiger partial charge in [-0.15, -0.1) is 5.10 Å². The van der Waals surface area contributed by atoms with Crippen molar-refractivity contribution in [2.75, 3.05) is 17.2 Å². The Morgan fingerprint density at radius 2 is 1.96 bits per heavy atom. The molecular weight excluding hydrogens is 346 g/mol. The SMILES string of the molecule is CCc1cccc(C)c1Nc1nncc(NCCc2cccc(Cl)c2)n1. The lowest BCUT2D eigenvalue weighted by atomic mass is 10.1. The van der Waals surface area contributed by atoms with Crippen LogP contribution in [0.5, 0.6) is 0 Å². The van der Waals surface area contributed by atoms with Crippen LogP contribution < -0.4 is 10.6 Å². The molecule has 0 saturated heterocycles. The zero-order chi connectivity index (χ0) is 18.4. The molecule has 134 valence electrons. The van der Waals surface area contributed by atoms with E-state index in [4.69, 9.17) is 11.6 Å². The van der Waals surface area contributed by atoms with Crippen LogP contribution in [-0.4, -0.2) is 21.7 Å². The molecule has 0 aliphatic carbocycles. The second-order valence-electron chi connectivity index (χ2n) is 6.06. The van der Waals surface area contributed by atoms with Crippen molar-refractivity contribution in [3.63, 3.8) is 0 Å². The van der Waals surface area contributed by atoms with E-state index in [0.717, 1.165) is 35.7 Å². The Morgan fingerprint density at radius 3 is 2.77 bits per heavy atom. The summed E-state index contributed by atoms with van der Waals surface area (Å²) in [6, 6.07) is 14.1. The third kappa shape index (κ3) is 4.70. The molecule has 0 aliphatic heterocycles. The Labute approximate surface area is 158 Å². The van der Waals surface area contributed by atoms with Gasteiger partial charge in [0.25, 0.3) is 0 Å². The van der Waals surface area contributed by atoms with Crippen LogP contribution in [0.25, 0.3) is 0 Å². The van der Waals surface area contributed by atoms with Gasteiger partial charge in [0.2, 0.25) is 5.95 Å². The highest BCUT2D eigenvalue weighted by Gasteiger charge is 2.07. The number of para-hydroxylation sites is 1. The smallest absolute Gasteiger partial charge is 0.249 e. The van der Waals surface area contributed by atoms with Gasteiger partial charge in [-0.3, -0.25) is 0 Å². The molecule has 0 bridgehead atoms. The van der Waals surface area contributed by atoms with E-state index in [0.29, 0.717) is 11.8 Å². The van der Waals surface area contributed by atoms with Gasteiger partial charge in [-0.25, -0.2) is 0 Å². The molecule has 0 radical (unpaired) electrons. The fourth-order valence-electron chi connectivity index (χ4n) is 2.78. The van der Waals surface area contributed by atoms with Crippen LogP contribution in [0.15, 0.2) is 48.7 Å². The summed E-state index contributed by atoms with van der Waals surface area (Å²) in [5, 5.41) is 15.5. The first kappa shape index (κ1) is 18.1. The van der Waals surface area contributed by atoms with E-state index >= 15 is 0 Å². The molecule has 6 heteroatoms. The van der Waals surface area contributed by atoms with E-state index in [2.05, 4.69) is 63.9 Å². The van der Waals surface area contributed by atoms with Crippen LogP contribution in [0.3, 0.4) is 0 Å². The van der Waals surface area contributed by atoms with E-state index in [1.165, 1.54) is 11.1 Å². The third-order valence-corrected chi connectivity index (χ3v) is 4.38. The zero-order valence-corrected chi connectivity index (χ0v) is 15.7. The summed E-state index contributed by atoms with van der Waals surface area (Å²) in [6.45, 7) is 4.94. The van der Waals surface area contributed by atoms with E-state index in [1.54, 1.807) is 6.20 Å². The minimum Gasteiger partial charge on any atom is -0.368 e. The highest BCUT2D eigenvalue weighted by Crippen LogP contribution is 2.23. The third-order valence-electron chi connectivity index (χ3n) is 4.14. The van der Waals surface area contributed by atoms with Crippen molar-refractivity contribution < 1.29 is 0 Å². The molecule has 2 N–H and O–H groups in total. The summed E-state index contributed by atoms with van der Waals surface area (Å²) in [5.74, 6) is 1.18. The maximum atomic E-state index is 6.02. The topological polar surface area (TPSA) is 62.7 Å². The number of anilines is 3. The van der Waals surface area contributed by atoms with Gasteiger partial charge in [0, 0.05) is 17.3 Å². The normalized spacial score (nSPS) is 10.6. The number of hydrogen-bond donors (Lipinski definition) is 2. The summed E-state index contributed by atoms with van der Waals surface area (Å²) in [7, 11) is 0. The molecule has 0 unspecified atom stereocenters. The molecule has 1 heterocycles. The number of nitrogens with zero attached hydrogens (tertiary/aromatic N) is 3. The van der Waals surface area contributed by atoms with Crippen molar-refractivity contribution in [1.29, 1.82) is 0 Å². The monoisotopic (exact) mass is 367 g/mol. The second kappa shape index (κ2) is 8.63. The van der Waals surface area contributed by atoms with Crippen LogP contribution in [0, 0.1) is 6.92 Å². The van der Waals surface area contributed by atoms with E-state index in [9.17, 15) is 0 Å². The standard InChI is InChI=1S/C20H22ClN5/c1-3-16-8-4-6-14(2)19(16)25-20-24-18(13-23-26-20)22-11-10-15-7-5-9-17(21)12-15/h4-9,12-13H,3,10-11H2,1-2H3,(H2,22,24,25,26). The van der Waals surface area contributed by atoms with Crippen molar-refractivity contribution >= 4 is 29.1 Å². The van der Waals surface area contributed by atoms with E-state index < -0.39 is 0 Å². The van der Waals surface area contributed by atoms with Crippen LogP contribution in [0.1, 0.15) is 23.6 Å². The maximum absolute atomic E-state index is 6.02.